The van der Waals surface area contributed by atoms with E-state index >= 15 is 0 Å². The molecule has 1 aliphatic heterocycles. The van der Waals surface area contributed by atoms with Crippen LogP contribution in [0.5, 0.6) is 0 Å². The van der Waals surface area contributed by atoms with E-state index in [1.165, 1.54) is 11.1 Å². The Hall–Kier alpha value is -1.51. The van der Waals surface area contributed by atoms with E-state index in [0.29, 0.717) is 6.42 Å². The summed E-state index contributed by atoms with van der Waals surface area (Å²) in [5.41, 5.74) is 3.64. The monoisotopic (exact) mass is 274 g/mol. The molecule has 0 saturated carbocycles. The summed E-state index contributed by atoms with van der Waals surface area (Å²) >= 11 is 0. The summed E-state index contributed by atoms with van der Waals surface area (Å²) in [5.74, 6) is 1.06. The Labute approximate surface area is 122 Å². The van der Waals surface area contributed by atoms with E-state index in [4.69, 9.17) is 0 Å². The van der Waals surface area contributed by atoms with Crippen molar-refractivity contribution in [2.75, 3.05) is 25.0 Å². The van der Waals surface area contributed by atoms with Crippen LogP contribution in [-0.4, -0.2) is 30.4 Å². The predicted molar refractivity (Wildman–Crippen MR) is 84.0 cm³/mol. The van der Waals surface area contributed by atoms with Crippen LogP contribution in [-0.2, 0) is 4.79 Å². The molecule has 20 heavy (non-hydrogen) atoms. The summed E-state index contributed by atoms with van der Waals surface area (Å²) in [5, 5.41) is 3.37. The van der Waals surface area contributed by atoms with Crippen molar-refractivity contribution in [3.63, 3.8) is 0 Å². The number of nitrogens with zero attached hydrogens (tertiary/aromatic N) is 1. The molecule has 0 aliphatic carbocycles. The molecule has 1 heterocycles. The van der Waals surface area contributed by atoms with E-state index in [2.05, 4.69) is 44.3 Å². The highest BCUT2D eigenvalue weighted by Crippen LogP contribution is 2.18. The van der Waals surface area contributed by atoms with Gasteiger partial charge < -0.3 is 10.2 Å². The van der Waals surface area contributed by atoms with Crippen molar-refractivity contribution in [2.45, 2.75) is 40.0 Å². The van der Waals surface area contributed by atoms with Crippen molar-refractivity contribution in [2.24, 2.45) is 5.92 Å². The number of amides is 1. The number of rotatable bonds is 4. The molecule has 1 saturated heterocycles. The number of nitrogens with one attached hydrogen (secondary N) is 1. The smallest absolute Gasteiger partial charge is 0.224 e. The van der Waals surface area contributed by atoms with Gasteiger partial charge in [-0.25, -0.2) is 0 Å². The van der Waals surface area contributed by atoms with E-state index in [1.807, 2.05) is 4.90 Å². The summed E-state index contributed by atoms with van der Waals surface area (Å²) in [6.45, 7) is 9.05. The van der Waals surface area contributed by atoms with Crippen molar-refractivity contribution in [1.82, 2.24) is 4.90 Å². The standard InChI is InChI=1S/C17H26N2O/c1-13-7-10-19(11-8-13)17(20)6-9-18-16-5-4-14(2)12-15(16)3/h4-5,12-13,18H,6-11H2,1-3H3. The van der Waals surface area contributed by atoms with Crippen LogP contribution < -0.4 is 5.32 Å². The van der Waals surface area contributed by atoms with Gasteiger partial charge in [0.05, 0.1) is 0 Å². The minimum atomic E-state index is 0.286. The third kappa shape index (κ3) is 3.99. The molecule has 1 aliphatic rings. The molecule has 1 aromatic carbocycles. The maximum Gasteiger partial charge on any atom is 0.224 e. The first-order valence-electron chi connectivity index (χ1n) is 7.65. The van der Waals surface area contributed by atoms with Crippen molar-refractivity contribution >= 4 is 11.6 Å². The summed E-state index contributed by atoms with van der Waals surface area (Å²) in [6, 6.07) is 6.36. The first-order chi connectivity index (χ1) is 9.56. The Bertz CT molecular complexity index is 462. The fraction of sp³-hybridized carbons (Fsp3) is 0.588. The van der Waals surface area contributed by atoms with Gasteiger partial charge in [0.15, 0.2) is 0 Å². The zero-order valence-corrected chi connectivity index (χ0v) is 12.9. The molecule has 1 amide bonds. The second-order valence-electron chi connectivity index (χ2n) is 6.06. The summed E-state index contributed by atoms with van der Waals surface area (Å²) in [4.78, 5) is 14.1. The van der Waals surface area contributed by atoms with E-state index in [1.54, 1.807) is 0 Å². The van der Waals surface area contributed by atoms with Crippen LogP contribution in [0.3, 0.4) is 0 Å². The van der Waals surface area contributed by atoms with Crippen molar-refractivity contribution in [3.05, 3.63) is 29.3 Å². The van der Waals surface area contributed by atoms with Gasteiger partial charge in [0.2, 0.25) is 5.91 Å². The van der Waals surface area contributed by atoms with Crippen LogP contribution in [0.15, 0.2) is 18.2 Å². The molecule has 1 N–H and O–H groups in total. The van der Waals surface area contributed by atoms with Crippen LogP contribution in [0.25, 0.3) is 0 Å². The molecule has 0 radical (unpaired) electrons. The number of likely N-dealkylation sites (tertiary alicyclic amines) is 1. The van der Waals surface area contributed by atoms with Gasteiger partial charge in [-0.1, -0.05) is 24.6 Å². The van der Waals surface area contributed by atoms with Crippen LogP contribution in [0.1, 0.15) is 37.3 Å². The summed E-state index contributed by atoms with van der Waals surface area (Å²) in [7, 11) is 0. The molecule has 0 unspecified atom stereocenters. The number of hydrogen-bond acceptors (Lipinski definition) is 2. The number of anilines is 1. The SMILES string of the molecule is Cc1ccc(NCCC(=O)N2CCC(C)CC2)c(C)c1. The lowest BCUT2D eigenvalue weighted by atomic mass is 9.99. The lowest BCUT2D eigenvalue weighted by Gasteiger charge is -2.30. The van der Waals surface area contributed by atoms with Gasteiger partial charge in [-0.2, -0.15) is 0 Å². The molecular weight excluding hydrogens is 248 g/mol. The quantitative estimate of drug-likeness (QED) is 0.913. The lowest BCUT2D eigenvalue weighted by Crippen LogP contribution is -2.38. The third-order valence-corrected chi connectivity index (χ3v) is 4.17. The Kier molecular flexibility index (Phi) is 5.05. The minimum Gasteiger partial charge on any atom is -0.384 e. The molecule has 0 aromatic heterocycles. The van der Waals surface area contributed by atoms with E-state index in [-0.39, 0.29) is 5.91 Å². The molecule has 0 bridgehead atoms. The van der Waals surface area contributed by atoms with Gasteiger partial charge in [0.25, 0.3) is 0 Å². The average molecular weight is 274 g/mol. The van der Waals surface area contributed by atoms with E-state index < -0.39 is 0 Å². The Balaban J connectivity index is 1.76. The number of benzene rings is 1. The first kappa shape index (κ1) is 14.9. The van der Waals surface area contributed by atoms with Crippen LogP contribution in [0, 0.1) is 19.8 Å². The number of aryl methyl sites for hydroxylation is 2. The molecule has 2 rings (SSSR count). The fourth-order valence-corrected chi connectivity index (χ4v) is 2.73. The number of carbonyl (C=O) groups is 1. The van der Waals surface area contributed by atoms with Crippen LogP contribution in [0.2, 0.25) is 0 Å². The normalized spacial score (nSPS) is 16.2. The minimum absolute atomic E-state index is 0.286. The highest BCUT2D eigenvalue weighted by Gasteiger charge is 2.19. The van der Waals surface area contributed by atoms with E-state index in [9.17, 15) is 4.79 Å². The fourth-order valence-electron chi connectivity index (χ4n) is 2.73. The summed E-state index contributed by atoms with van der Waals surface area (Å²) in [6.07, 6.45) is 2.88. The van der Waals surface area contributed by atoms with Crippen molar-refractivity contribution < 1.29 is 4.79 Å². The molecule has 3 nitrogen and oxygen atoms in total. The average Bonchev–Trinajstić information content (AvgIpc) is 2.42. The molecule has 1 aromatic rings. The Morgan fingerprint density at radius 1 is 1.30 bits per heavy atom. The zero-order valence-electron chi connectivity index (χ0n) is 12.9. The molecule has 1 fully saturated rings. The van der Waals surface area contributed by atoms with Gasteiger partial charge in [-0.3, -0.25) is 4.79 Å². The predicted octanol–water partition coefficient (Wildman–Crippen LogP) is 3.36. The van der Waals surface area contributed by atoms with E-state index in [0.717, 1.165) is 44.1 Å². The lowest BCUT2D eigenvalue weighted by molar-refractivity contribution is -0.132. The molecular formula is C17H26N2O. The molecule has 0 spiro atoms. The zero-order chi connectivity index (χ0) is 14.5. The highest BCUT2D eigenvalue weighted by molar-refractivity contribution is 5.76. The maximum atomic E-state index is 12.1. The van der Waals surface area contributed by atoms with Crippen molar-refractivity contribution in [1.29, 1.82) is 0 Å². The Morgan fingerprint density at radius 3 is 2.65 bits per heavy atom. The van der Waals surface area contributed by atoms with Gasteiger partial charge >= 0.3 is 0 Å². The third-order valence-electron chi connectivity index (χ3n) is 4.17. The number of piperidine rings is 1. The number of carbonyl (C=O) groups excluding carboxylic acids is 1. The summed E-state index contributed by atoms with van der Waals surface area (Å²) < 4.78 is 0. The topological polar surface area (TPSA) is 32.3 Å². The molecule has 3 heteroatoms. The second kappa shape index (κ2) is 6.78. The van der Waals surface area contributed by atoms with Gasteiger partial charge in [-0.05, 0) is 44.2 Å². The second-order valence-corrected chi connectivity index (χ2v) is 6.06. The van der Waals surface area contributed by atoms with Gasteiger partial charge in [0, 0.05) is 31.7 Å². The van der Waals surface area contributed by atoms with Crippen LogP contribution in [0.4, 0.5) is 5.69 Å². The Morgan fingerprint density at radius 2 is 2.00 bits per heavy atom. The molecule has 0 atom stereocenters. The first-order valence-corrected chi connectivity index (χ1v) is 7.65. The van der Waals surface area contributed by atoms with Gasteiger partial charge in [0.1, 0.15) is 0 Å². The molecule has 110 valence electrons. The van der Waals surface area contributed by atoms with Crippen LogP contribution >= 0.6 is 0 Å². The number of hydrogen-bond donors (Lipinski definition) is 1. The van der Waals surface area contributed by atoms with Crippen molar-refractivity contribution in [3.8, 4) is 0 Å². The highest BCUT2D eigenvalue weighted by atomic mass is 16.2. The maximum absolute atomic E-state index is 12.1. The van der Waals surface area contributed by atoms with Gasteiger partial charge in [-0.15, -0.1) is 0 Å². The largest absolute Gasteiger partial charge is 0.384 e.